The molecule has 1 N–H and O–H groups in total. The number of nitrogens with zero attached hydrogens (tertiary/aromatic N) is 3. The van der Waals surface area contributed by atoms with Gasteiger partial charge in [0.05, 0.1) is 17.3 Å². The van der Waals surface area contributed by atoms with Crippen LogP contribution in [0.5, 0.6) is 0 Å². The second-order valence-corrected chi connectivity index (χ2v) is 3.07. The minimum absolute atomic E-state index is 0.486. The standard InChI is InChI=1S/C9H5N3O.C2H7N/c10-4-7-3-8-1-2-9(6-13)12(8)11-5-7;1-3-2/h1-3,5-6H;3H,1-2H3. The Labute approximate surface area is 93.3 Å². The summed E-state index contributed by atoms with van der Waals surface area (Å²) in [6.07, 6.45) is 2.16. The Kier molecular flexibility index (Phi) is 4.18. The average Bonchev–Trinajstić information content (AvgIpc) is 2.71. The van der Waals surface area contributed by atoms with E-state index in [-0.39, 0.29) is 0 Å². The summed E-state index contributed by atoms with van der Waals surface area (Å²) in [6.45, 7) is 0. The van der Waals surface area contributed by atoms with E-state index in [1.807, 2.05) is 20.2 Å². The summed E-state index contributed by atoms with van der Waals surface area (Å²) in [4.78, 5) is 10.5. The predicted octanol–water partition coefficient (Wildman–Crippen LogP) is 0.854. The monoisotopic (exact) mass is 216 g/mol. The first-order valence-electron chi connectivity index (χ1n) is 4.68. The van der Waals surface area contributed by atoms with Crippen molar-refractivity contribution in [3.8, 4) is 6.07 Å². The van der Waals surface area contributed by atoms with Gasteiger partial charge < -0.3 is 5.32 Å². The number of rotatable bonds is 1. The number of nitriles is 1. The molecule has 0 aliphatic carbocycles. The fourth-order valence-corrected chi connectivity index (χ4v) is 1.17. The fraction of sp³-hybridized carbons (Fsp3) is 0.182. The van der Waals surface area contributed by atoms with Crippen LogP contribution in [0.3, 0.4) is 0 Å². The number of hydrogen-bond donors (Lipinski definition) is 1. The molecule has 2 aromatic heterocycles. The van der Waals surface area contributed by atoms with Crippen molar-refractivity contribution < 1.29 is 4.79 Å². The molecule has 82 valence electrons. The van der Waals surface area contributed by atoms with Gasteiger partial charge in [0.15, 0.2) is 6.29 Å². The van der Waals surface area contributed by atoms with Gasteiger partial charge in [0.25, 0.3) is 0 Å². The van der Waals surface area contributed by atoms with Crippen molar-refractivity contribution in [1.29, 1.82) is 5.26 Å². The van der Waals surface area contributed by atoms with E-state index in [0.29, 0.717) is 11.3 Å². The third kappa shape index (κ3) is 2.43. The maximum absolute atomic E-state index is 10.5. The largest absolute Gasteiger partial charge is 0.323 e. The van der Waals surface area contributed by atoms with Gasteiger partial charge in [0.1, 0.15) is 11.8 Å². The Morgan fingerprint density at radius 2 is 2.19 bits per heavy atom. The van der Waals surface area contributed by atoms with Gasteiger partial charge in [-0.15, -0.1) is 0 Å². The van der Waals surface area contributed by atoms with Crippen molar-refractivity contribution in [2.45, 2.75) is 0 Å². The van der Waals surface area contributed by atoms with Crippen LogP contribution in [0.15, 0.2) is 24.4 Å². The molecule has 0 fully saturated rings. The molecule has 0 aromatic carbocycles. The maximum atomic E-state index is 10.5. The molecule has 5 heteroatoms. The SMILES string of the molecule is CNC.N#Cc1cnn2c(C=O)ccc2c1. The van der Waals surface area contributed by atoms with Gasteiger partial charge in [0.2, 0.25) is 0 Å². The van der Waals surface area contributed by atoms with E-state index in [9.17, 15) is 4.79 Å². The Morgan fingerprint density at radius 3 is 2.75 bits per heavy atom. The smallest absolute Gasteiger partial charge is 0.168 e. The molecule has 0 radical (unpaired) electrons. The zero-order valence-electron chi connectivity index (χ0n) is 9.14. The number of fused-ring (bicyclic) bond motifs is 1. The lowest BCUT2D eigenvalue weighted by Crippen LogP contribution is -1.95. The van der Waals surface area contributed by atoms with Gasteiger partial charge in [-0.1, -0.05) is 0 Å². The second kappa shape index (κ2) is 5.63. The highest BCUT2D eigenvalue weighted by atomic mass is 16.1. The van der Waals surface area contributed by atoms with Crippen molar-refractivity contribution in [3.05, 3.63) is 35.7 Å². The molecule has 2 heterocycles. The van der Waals surface area contributed by atoms with E-state index < -0.39 is 0 Å². The van der Waals surface area contributed by atoms with Gasteiger partial charge in [-0.05, 0) is 32.3 Å². The van der Waals surface area contributed by atoms with Crippen LogP contribution in [0.25, 0.3) is 5.52 Å². The summed E-state index contributed by atoms with van der Waals surface area (Å²) >= 11 is 0. The van der Waals surface area contributed by atoms with Gasteiger partial charge in [0, 0.05) is 0 Å². The summed E-state index contributed by atoms with van der Waals surface area (Å²) in [5.74, 6) is 0. The molecule has 0 aliphatic heterocycles. The first kappa shape index (κ1) is 11.9. The number of nitrogens with one attached hydrogen (secondary N) is 1. The number of carbonyl (C=O) groups excluding carboxylic acids is 1. The molecule has 2 rings (SSSR count). The van der Waals surface area contributed by atoms with E-state index in [1.54, 1.807) is 18.2 Å². The predicted molar refractivity (Wildman–Crippen MR) is 60.3 cm³/mol. The molecule has 0 aliphatic rings. The number of hydrogen-bond acceptors (Lipinski definition) is 4. The lowest BCUT2D eigenvalue weighted by molar-refractivity contribution is 0.111. The quantitative estimate of drug-likeness (QED) is 0.717. The Bertz CT molecular complexity index is 524. The second-order valence-electron chi connectivity index (χ2n) is 3.07. The maximum Gasteiger partial charge on any atom is 0.168 e. The van der Waals surface area contributed by atoms with Gasteiger partial charge in [-0.2, -0.15) is 10.4 Å². The van der Waals surface area contributed by atoms with Crippen LogP contribution in [0.2, 0.25) is 0 Å². The Balaban J connectivity index is 0.000000386. The van der Waals surface area contributed by atoms with Crippen LogP contribution < -0.4 is 5.32 Å². The summed E-state index contributed by atoms with van der Waals surface area (Å²) in [6, 6.07) is 7.07. The number of aldehydes is 1. The third-order valence-electron chi connectivity index (χ3n) is 1.78. The lowest BCUT2D eigenvalue weighted by Gasteiger charge is -1.94. The molecule has 0 bridgehead atoms. The molecule has 0 amide bonds. The van der Waals surface area contributed by atoms with Crippen LogP contribution in [0.4, 0.5) is 0 Å². The molecule has 5 nitrogen and oxygen atoms in total. The lowest BCUT2D eigenvalue weighted by atomic mass is 10.3. The minimum atomic E-state index is 0.486. The summed E-state index contributed by atoms with van der Waals surface area (Å²) in [5, 5.41) is 15.3. The molecule has 0 atom stereocenters. The molecule has 0 saturated carbocycles. The van der Waals surface area contributed by atoms with E-state index in [2.05, 4.69) is 10.4 Å². The number of aromatic nitrogens is 2. The van der Waals surface area contributed by atoms with E-state index in [1.165, 1.54) is 10.7 Å². The topological polar surface area (TPSA) is 70.2 Å². The molecular weight excluding hydrogens is 204 g/mol. The van der Waals surface area contributed by atoms with Crippen molar-refractivity contribution in [3.63, 3.8) is 0 Å². The summed E-state index contributed by atoms with van der Waals surface area (Å²) < 4.78 is 1.49. The third-order valence-corrected chi connectivity index (χ3v) is 1.78. The van der Waals surface area contributed by atoms with E-state index in [0.717, 1.165) is 11.8 Å². The molecule has 2 aromatic rings. The molecule has 16 heavy (non-hydrogen) atoms. The normalized spacial score (nSPS) is 9.06. The average molecular weight is 216 g/mol. The zero-order chi connectivity index (χ0) is 12.0. The van der Waals surface area contributed by atoms with Gasteiger partial charge in [-0.25, -0.2) is 4.52 Å². The van der Waals surface area contributed by atoms with Crippen molar-refractivity contribution in [1.82, 2.24) is 14.9 Å². The van der Waals surface area contributed by atoms with E-state index >= 15 is 0 Å². The van der Waals surface area contributed by atoms with Crippen LogP contribution in [-0.4, -0.2) is 30.0 Å². The van der Waals surface area contributed by atoms with E-state index in [4.69, 9.17) is 5.26 Å². The zero-order valence-corrected chi connectivity index (χ0v) is 9.14. The summed E-state index contributed by atoms with van der Waals surface area (Å²) in [5.41, 5.74) is 1.73. The first-order valence-corrected chi connectivity index (χ1v) is 4.68. The van der Waals surface area contributed by atoms with Crippen molar-refractivity contribution in [2.75, 3.05) is 14.1 Å². The minimum Gasteiger partial charge on any atom is -0.323 e. The van der Waals surface area contributed by atoms with Gasteiger partial charge >= 0.3 is 0 Å². The molecule has 0 saturated heterocycles. The van der Waals surface area contributed by atoms with Crippen molar-refractivity contribution >= 4 is 11.8 Å². The highest BCUT2D eigenvalue weighted by Crippen LogP contribution is 2.08. The number of carbonyl (C=O) groups is 1. The Morgan fingerprint density at radius 1 is 1.50 bits per heavy atom. The highest BCUT2D eigenvalue weighted by molar-refractivity contribution is 5.75. The Hall–Kier alpha value is -2.19. The van der Waals surface area contributed by atoms with Crippen LogP contribution in [0.1, 0.15) is 16.1 Å². The molecule has 0 spiro atoms. The van der Waals surface area contributed by atoms with Crippen LogP contribution >= 0.6 is 0 Å². The molecular formula is C11H12N4O. The highest BCUT2D eigenvalue weighted by Gasteiger charge is 2.01. The summed E-state index contributed by atoms with van der Waals surface area (Å²) in [7, 11) is 3.75. The fourth-order valence-electron chi connectivity index (χ4n) is 1.17. The first-order chi connectivity index (χ1) is 7.76. The van der Waals surface area contributed by atoms with Crippen LogP contribution in [0, 0.1) is 11.3 Å². The van der Waals surface area contributed by atoms with Gasteiger partial charge in [-0.3, -0.25) is 4.79 Å². The van der Waals surface area contributed by atoms with Crippen LogP contribution in [-0.2, 0) is 0 Å². The molecule has 0 unspecified atom stereocenters. The van der Waals surface area contributed by atoms with Crippen molar-refractivity contribution in [2.24, 2.45) is 0 Å².